The molecular weight excluding hydrogens is 342 g/mol. The fourth-order valence-corrected chi connectivity index (χ4v) is 2.91. The van der Waals surface area contributed by atoms with Crippen LogP contribution in [0.15, 0.2) is 60.9 Å². The second-order valence-electron chi connectivity index (χ2n) is 6.20. The van der Waals surface area contributed by atoms with Crippen molar-refractivity contribution in [1.82, 2.24) is 15.1 Å². The first-order valence-electron chi connectivity index (χ1n) is 8.71. The summed E-state index contributed by atoms with van der Waals surface area (Å²) in [5.41, 5.74) is 2.71. The Balaban J connectivity index is 1.65. The van der Waals surface area contributed by atoms with Crippen molar-refractivity contribution in [2.24, 2.45) is 0 Å². The average molecular weight is 365 g/mol. The molecule has 6 nitrogen and oxygen atoms in total. The zero-order valence-electron chi connectivity index (χ0n) is 15.7. The van der Waals surface area contributed by atoms with Crippen LogP contribution in [0.25, 0.3) is 5.69 Å². The Bertz CT molecular complexity index is 906. The fraction of sp³-hybridized carbons (Fsp3) is 0.238. The first-order chi connectivity index (χ1) is 13.1. The molecule has 1 atom stereocenters. The van der Waals surface area contributed by atoms with E-state index < -0.39 is 0 Å². The molecule has 1 heterocycles. The third-order valence-corrected chi connectivity index (χ3v) is 4.31. The lowest BCUT2D eigenvalue weighted by molar-refractivity contribution is -0.121. The first-order valence-corrected chi connectivity index (χ1v) is 8.71. The molecule has 1 amide bonds. The van der Waals surface area contributed by atoms with E-state index in [9.17, 15) is 4.79 Å². The Hall–Kier alpha value is -3.28. The van der Waals surface area contributed by atoms with E-state index in [-0.39, 0.29) is 18.4 Å². The van der Waals surface area contributed by atoms with Gasteiger partial charge in [0.1, 0.15) is 11.5 Å². The number of para-hydroxylation sites is 1. The van der Waals surface area contributed by atoms with Gasteiger partial charge in [0.15, 0.2) is 0 Å². The van der Waals surface area contributed by atoms with E-state index in [0.717, 1.165) is 16.8 Å². The normalized spacial score (nSPS) is 11.7. The molecular formula is C21H23N3O3. The molecule has 1 unspecified atom stereocenters. The number of nitrogens with zero attached hydrogens (tertiary/aromatic N) is 2. The summed E-state index contributed by atoms with van der Waals surface area (Å²) < 4.78 is 12.4. The highest BCUT2D eigenvalue weighted by Crippen LogP contribution is 2.29. The van der Waals surface area contributed by atoms with Gasteiger partial charge in [-0.15, -0.1) is 0 Å². The molecule has 0 bridgehead atoms. The molecule has 0 spiro atoms. The smallest absolute Gasteiger partial charge is 0.225 e. The molecule has 0 aliphatic heterocycles. The van der Waals surface area contributed by atoms with Crippen LogP contribution in [0.1, 0.15) is 24.1 Å². The van der Waals surface area contributed by atoms with E-state index >= 15 is 0 Å². The number of ether oxygens (including phenoxy) is 2. The average Bonchev–Trinajstić information content (AvgIpc) is 3.16. The van der Waals surface area contributed by atoms with E-state index in [1.54, 1.807) is 25.1 Å². The third kappa shape index (κ3) is 4.47. The summed E-state index contributed by atoms with van der Waals surface area (Å²) in [6.07, 6.45) is 3.84. The van der Waals surface area contributed by atoms with E-state index in [1.165, 1.54) is 0 Å². The maximum absolute atomic E-state index is 12.5. The molecule has 27 heavy (non-hydrogen) atoms. The van der Waals surface area contributed by atoms with Crippen LogP contribution >= 0.6 is 0 Å². The van der Waals surface area contributed by atoms with Gasteiger partial charge >= 0.3 is 0 Å². The number of rotatable bonds is 7. The van der Waals surface area contributed by atoms with Crippen molar-refractivity contribution >= 4 is 5.91 Å². The first kappa shape index (κ1) is 18.5. The minimum atomic E-state index is -0.192. The monoisotopic (exact) mass is 365 g/mol. The van der Waals surface area contributed by atoms with Crippen LogP contribution in [0.4, 0.5) is 0 Å². The Labute approximate surface area is 158 Å². The molecule has 2 aromatic carbocycles. The molecule has 140 valence electrons. The summed E-state index contributed by atoms with van der Waals surface area (Å²) in [6, 6.07) is 15.2. The van der Waals surface area contributed by atoms with Crippen molar-refractivity contribution in [3.63, 3.8) is 0 Å². The van der Waals surface area contributed by atoms with Crippen molar-refractivity contribution in [2.45, 2.75) is 19.4 Å². The SMILES string of the molecule is COc1ccc(C(C)NC(=O)Cc2cnn(-c3ccccc3)c2)c(OC)c1. The van der Waals surface area contributed by atoms with E-state index in [0.29, 0.717) is 11.5 Å². The predicted molar refractivity (Wildman–Crippen MR) is 103 cm³/mol. The highest BCUT2D eigenvalue weighted by atomic mass is 16.5. The van der Waals surface area contributed by atoms with Crippen LogP contribution in [-0.2, 0) is 11.2 Å². The van der Waals surface area contributed by atoms with Crippen molar-refractivity contribution in [2.75, 3.05) is 14.2 Å². The van der Waals surface area contributed by atoms with E-state index in [4.69, 9.17) is 9.47 Å². The van der Waals surface area contributed by atoms with Crippen LogP contribution in [0.5, 0.6) is 11.5 Å². The molecule has 1 aromatic heterocycles. The van der Waals surface area contributed by atoms with Crippen molar-refractivity contribution in [1.29, 1.82) is 0 Å². The van der Waals surface area contributed by atoms with Crippen LogP contribution in [0, 0.1) is 0 Å². The highest BCUT2D eigenvalue weighted by Gasteiger charge is 2.16. The van der Waals surface area contributed by atoms with Gasteiger partial charge < -0.3 is 14.8 Å². The lowest BCUT2D eigenvalue weighted by Crippen LogP contribution is -2.28. The van der Waals surface area contributed by atoms with Crippen LogP contribution in [0.2, 0.25) is 0 Å². The number of aromatic nitrogens is 2. The van der Waals surface area contributed by atoms with Crippen molar-refractivity contribution < 1.29 is 14.3 Å². The number of hydrogen-bond acceptors (Lipinski definition) is 4. The Kier molecular flexibility index (Phi) is 5.76. The fourth-order valence-electron chi connectivity index (χ4n) is 2.91. The number of nitrogens with one attached hydrogen (secondary N) is 1. The van der Waals surface area contributed by atoms with Gasteiger partial charge in [0.05, 0.1) is 38.6 Å². The van der Waals surface area contributed by atoms with Gasteiger partial charge in [-0.05, 0) is 36.8 Å². The molecule has 0 saturated heterocycles. The number of hydrogen-bond donors (Lipinski definition) is 1. The van der Waals surface area contributed by atoms with Gasteiger partial charge in [-0.2, -0.15) is 5.10 Å². The summed E-state index contributed by atoms with van der Waals surface area (Å²) >= 11 is 0. The standard InChI is InChI=1S/C21H23N3O3/c1-15(19-10-9-18(26-2)12-20(19)27-3)23-21(25)11-16-13-22-24(14-16)17-7-5-4-6-8-17/h4-10,12-15H,11H2,1-3H3,(H,23,25). The van der Waals surface area contributed by atoms with Crippen LogP contribution < -0.4 is 14.8 Å². The molecule has 1 N–H and O–H groups in total. The summed E-state index contributed by atoms with van der Waals surface area (Å²) in [7, 11) is 3.21. The Morgan fingerprint density at radius 1 is 1.15 bits per heavy atom. The maximum atomic E-state index is 12.5. The lowest BCUT2D eigenvalue weighted by Gasteiger charge is -2.18. The van der Waals surface area contributed by atoms with Gasteiger partial charge in [0.25, 0.3) is 0 Å². The zero-order chi connectivity index (χ0) is 19.2. The lowest BCUT2D eigenvalue weighted by atomic mass is 10.1. The third-order valence-electron chi connectivity index (χ3n) is 4.31. The van der Waals surface area contributed by atoms with E-state index in [1.807, 2.05) is 61.7 Å². The van der Waals surface area contributed by atoms with E-state index in [2.05, 4.69) is 10.4 Å². The quantitative estimate of drug-likeness (QED) is 0.698. The van der Waals surface area contributed by atoms with Gasteiger partial charge in [0.2, 0.25) is 5.91 Å². The van der Waals surface area contributed by atoms with Gasteiger partial charge in [-0.25, -0.2) is 4.68 Å². The molecule has 0 aliphatic rings. The number of methoxy groups -OCH3 is 2. The number of carbonyl (C=O) groups is 1. The second-order valence-corrected chi connectivity index (χ2v) is 6.20. The topological polar surface area (TPSA) is 65.4 Å². The van der Waals surface area contributed by atoms with Gasteiger partial charge in [0, 0.05) is 17.8 Å². The minimum absolute atomic E-state index is 0.0759. The largest absolute Gasteiger partial charge is 0.497 e. The predicted octanol–water partition coefficient (Wildman–Crippen LogP) is 3.31. The number of amides is 1. The number of carbonyl (C=O) groups excluding carboxylic acids is 1. The summed E-state index contributed by atoms with van der Waals surface area (Å²) in [5, 5.41) is 7.34. The molecule has 6 heteroatoms. The molecule has 3 rings (SSSR count). The van der Waals surface area contributed by atoms with Crippen LogP contribution in [0.3, 0.4) is 0 Å². The molecule has 0 saturated carbocycles. The summed E-state index contributed by atoms with van der Waals surface area (Å²) in [6.45, 7) is 1.93. The number of benzene rings is 2. The van der Waals surface area contributed by atoms with Crippen LogP contribution in [-0.4, -0.2) is 29.9 Å². The van der Waals surface area contributed by atoms with Gasteiger partial charge in [-0.1, -0.05) is 18.2 Å². The molecule has 0 aliphatic carbocycles. The molecule has 3 aromatic rings. The Morgan fingerprint density at radius 2 is 1.93 bits per heavy atom. The summed E-state index contributed by atoms with van der Waals surface area (Å²) in [4.78, 5) is 12.5. The minimum Gasteiger partial charge on any atom is -0.497 e. The van der Waals surface area contributed by atoms with Crippen molar-refractivity contribution in [3.8, 4) is 17.2 Å². The summed E-state index contributed by atoms with van der Waals surface area (Å²) in [5.74, 6) is 1.31. The zero-order valence-corrected chi connectivity index (χ0v) is 15.7. The molecule has 0 radical (unpaired) electrons. The van der Waals surface area contributed by atoms with Crippen molar-refractivity contribution in [3.05, 3.63) is 72.1 Å². The molecule has 0 fully saturated rings. The maximum Gasteiger partial charge on any atom is 0.225 e. The highest BCUT2D eigenvalue weighted by molar-refractivity contribution is 5.79. The second kappa shape index (κ2) is 8.40. The van der Waals surface area contributed by atoms with Gasteiger partial charge in [-0.3, -0.25) is 4.79 Å². The Morgan fingerprint density at radius 3 is 2.63 bits per heavy atom.